The van der Waals surface area contributed by atoms with Gasteiger partial charge >= 0.3 is 5.97 Å². The Morgan fingerprint density at radius 3 is 2.74 bits per heavy atom. The number of carbonyl (C=O) groups excluding carboxylic acids is 1. The van der Waals surface area contributed by atoms with Crippen molar-refractivity contribution in [1.82, 2.24) is 4.90 Å². The van der Waals surface area contributed by atoms with Crippen LogP contribution >= 0.6 is 0 Å². The summed E-state index contributed by atoms with van der Waals surface area (Å²) in [5.74, 6) is -1.69. The van der Waals surface area contributed by atoms with Crippen molar-refractivity contribution in [1.29, 1.82) is 0 Å². The number of hydrogen-bond donors (Lipinski definition) is 1. The van der Waals surface area contributed by atoms with Crippen LogP contribution in [0.1, 0.15) is 37.7 Å². The van der Waals surface area contributed by atoms with Gasteiger partial charge in [0.05, 0.1) is 12.5 Å². The summed E-state index contributed by atoms with van der Waals surface area (Å²) in [4.78, 5) is 25.1. The van der Waals surface area contributed by atoms with Crippen molar-refractivity contribution in [2.45, 2.75) is 44.2 Å². The maximum absolute atomic E-state index is 13.8. The van der Waals surface area contributed by atoms with E-state index in [1.807, 2.05) is 0 Å². The number of benzene rings is 1. The monoisotopic (exact) mass is 323 g/mol. The fourth-order valence-electron chi connectivity index (χ4n) is 3.11. The molecule has 0 aromatic heterocycles. The lowest BCUT2D eigenvalue weighted by Crippen LogP contribution is -2.37. The van der Waals surface area contributed by atoms with Gasteiger partial charge in [-0.2, -0.15) is 0 Å². The van der Waals surface area contributed by atoms with E-state index in [4.69, 9.17) is 9.84 Å². The Hall–Kier alpha value is -1.95. The lowest BCUT2D eigenvalue weighted by atomic mass is 9.96. The van der Waals surface area contributed by atoms with Gasteiger partial charge in [-0.25, -0.2) is 4.39 Å². The molecule has 1 aliphatic heterocycles. The van der Waals surface area contributed by atoms with E-state index in [0.717, 1.165) is 0 Å². The Balaban J connectivity index is 2.06. The highest BCUT2D eigenvalue weighted by Gasteiger charge is 2.36. The number of aliphatic carboxylic acids is 1. The molecule has 1 aromatic carbocycles. The minimum atomic E-state index is -0.938. The van der Waals surface area contributed by atoms with Crippen LogP contribution in [0.25, 0.3) is 0 Å². The number of hydrogen-bond acceptors (Lipinski definition) is 3. The maximum Gasteiger partial charge on any atom is 0.305 e. The number of likely N-dealkylation sites (tertiary alicyclic amines) is 1. The molecule has 2 rings (SSSR count). The molecule has 126 valence electrons. The molecule has 3 unspecified atom stereocenters. The van der Waals surface area contributed by atoms with Gasteiger partial charge in [-0.3, -0.25) is 9.59 Å². The minimum absolute atomic E-state index is 0.0975. The average Bonchev–Trinajstić information content (AvgIpc) is 2.89. The summed E-state index contributed by atoms with van der Waals surface area (Å²) in [7, 11) is 1.55. The summed E-state index contributed by atoms with van der Waals surface area (Å²) in [5.41, 5.74) is 0.498. The van der Waals surface area contributed by atoms with Crippen LogP contribution < -0.4 is 0 Å². The van der Waals surface area contributed by atoms with Crippen LogP contribution in [0.4, 0.5) is 4.39 Å². The van der Waals surface area contributed by atoms with Crippen LogP contribution in [0, 0.1) is 5.82 Å². The van der Waals surface area contributed by atoms with Gasteiger partial charge in [0, 0.05) is 26.1 Å². The molecule has 3 atom stereocenters. The molecule has 0 saturated carbocycles. The molecule has 0 radical (unpaired) electrons. The Morgan fingerprint density at radius 1 is 1.43 bits per heavy atom. The van der Waals surface area contributed by atoms with E-state index in [2.05, 4.69) is 0 Å². The van der Waals surface area contributed by atoms with Crippen LogP contribution in [-0.2, 0) is 14.3 Å². The van der Waals surface area contributed by atoms with E-state index in [1.165, 1.54) is 6.07 Å². The highest BCUT2D eigenvalue weighted by Crippen LogP contribution is 2.27. The summed E-state index contributed by atoms with van der Waals surface area (Å²) < 4.78 is 19.1. The number of nitrogens with zero attached hydrogens (tertiary/aromatic N) is 1. The molecule has 1 saturated heterocycles. The largest absolute Gasteiger partial charge is 0.481 e. The zero-order valence-electron chi connectivity index (χ0n) is 13.4. The first kappa shape index (κ1) is 17.4. The zero-order chi connectivity index (χ0) is 17.0. The first-order valence-corrected chi connectivity index (χ1v) is 7.70. The van der Waals surface area contributed by atoms with Gasteiger partial charge in [-0.15, -0.1) is 0 Å². The fourth-order valence-corrected chi connectivity index (χ4v) is 3.11. The summed E-state index contributed by atoms with van der Waals surface area (Å²) in [6.07, 6.45) is 0.419. The lowest BCUT2D eigenvalue weighted by Gasteiger charge is -2.25. The predicted molar refractivity (Wildman–Crippen MR) is 82.6 cm³/mol. The SMILES string of the molecule is COC1CC(CC(=O)O)N(C(=O)CC(C)c2ccccc2F)C1. The molecular formula is C17H22FNO4. The van der Waals surface area contributed by atoms with Crippen LogP contribution in [0.3, 0.4) is 0 Å². The average molecular weight is 323 g/mol. The molecule has 23 heavy (non-hydrogen) atoms. The molecule has 6 heteroatoms. The van der Waals surface area contributed by atoms with Gasteiger partial charge in [0.2, 0.25) is 5.91 Å². The van der Waals surface area contributed by atoms with Gasteiger partial charge in [-0.1, -0.05) is 25.1 Å². The Bertz CT molecular complexity index is 577. The first-order chi connectivity index (χ1) is 10.9. The maximum atomic E-state index is 13.8. The number of halogens is 1. The third-order valence-corrected chi connectivity index (χ3v) is 4.36. The standard InChI is InChI=1S/C17H22FNO4/c1-11(14-5-3-4-6-15(14)18)7-16(20)19-10-13(23-2)8-12(19)9-17(21)22/h3-6,11-13H,7-10H2,1-2H3,(H,21,22). The van der Waals surface area contributed by atoms with Crippen LogP contribution in [0.15, 0.2) is 24.3 Å². The van der Waals surface area contributed by atoms with Crippen molar-refractivity contribution < 1.29 is 23.8 Å². The van der Waals surface area contributed by atoms with Crippen molar-refractivity contribution in [3.05, 3.63) is 35.6 Å². The molecule has 0 bridgehead atoms. The highest BCUT2D eigenvalue weighted by molar-refractivity contribution is 5.79. The van der Waals surface area contributed by atoms with Crippen LogP contribution in [0.2, 0.25) is 0 Å². The van der Waals surface area contributed by atoms with Crippen LogP contribution in [-0.4, -0.2) is 47.7 Å². The molecule has 1 amide bonds. The zero-order valence-corrected chi connectivity index (χ0v) is 13.4. The van der Waals surface area contributed by atoms with Gasteiger partial charge in [0.1, 0.15) is 5.82 Å². The number of ether oxygens (including phenoxy) is 1. The van der Waals surface area contributed by atoms with E-state index in [9.17, 15) is 14.0 Å². The number of carboxylic acid groups (broad SMARTS) is 1. The topological polar surface area (TPSA) is 66.8 Å². The Kier molecular flexibility index (Phi) is 5.71. The van der Waals surface area contributed by atoms with E-state index in [1.54, 1.807) is 37.1 Å². The minimum Gasteiger partial charge on any atom is -0.481 e. The summed E-state index contributed by atoms with van der Waals surface area (Å²) in [5, 5.41) is 9.00. The second-order valence-electron chi connectivity index (χ2n) is 6.02. The Labute approximate surface area is 135 Å². The number of methoxy groups -OCH3 is 1. The molecule has 1 aromatic rings. The van der Waals surface area contributed by atoms with Crippen molar-refractivity contribution in [2.75, 3.05) is 13.7 Å². The second-order valence-corrected chi connectivity index (χ2v) is 6.02. The summed E-state index contributed by atoms with van der Waals surface area (Å²) in [6.45, 7) is 2.18. The van der Waals surface area contributed by atoms with E-state index in [-0.39, 0.29) is 42.6 Å². The van der Waals surface area contributed by atoms with E-state index in [0.29, 0.717) is 18.5 Å². The predicted octanol–water partition coefficient (Wildman–Crippen LogP) is 2.41. The molecule has 5 nitrogen and oxygen atoms in total. The number of rotatable bonds is 6. The van der Waals surface area contributed by atoms with Crippen LogP contribution in [0.5, 0.6) is 0 Å². The number of amides is 1. The lowest BCUT2D eigenvalue weighted by molar-refractivity contribution is -0.140. The van der Waals surface area contributed by atoms with Crippen molar-refractivity contribution in [3.8, 4) is 0 Å². The highest BCUT2D eigenvalue weighted by atomic mass is 19.1. The molecule has 0 aliphatic carbocycles. The normalized spacial score (nSPS) is 22.1. The van der Waals surface area contributed by atoms with Crippen molar-refractivity contribution >= 4 is 11.9 Å². The van der Waals surface area contributed by atoms with Gasteiger partial charge < -0.3 is 14.7 Å². The van der Waals surface area contributed by atoms with Gasteiger partial charge in [0.25, 0.3) is 0 Å². The number of carbonyl (C=O) groups is 2. The molecule has 1 N–H and O–H groups in total. The summed E-state index contributed by atoms with van der Waals surface area (Å²) >= 11 is 0. The molecule has 1 heterocycles. The molecule has 0 spiro atoms. The van der Waals surface area contributed by atoms with Crippen molar-refractivity contribution in [2.24, 2.45) is 0 Å². The smallest absolute Gasteiger partial charge is 0.305 e. The number of carboxylic acids is 1. The fraction of sp³-hybridized carbons (Fsp3) is 0.529. The third kappa shape index (κ3) is 4.28. The van der Waals surface area contributed by atoms with Crippen molar-refractivity contribution in [3.63, 3.8) is 0 Å². The first-order valence-electron chi connectivity index (χ1n) is 7.70. The van der Waals surface area contributed by atoms with Gasteiger partial charge in [-0.05, 0) is 24.0 Å². The van der Waals surface area contributed by atoms with Gasteiger partial charge in [0.15, 0.2) is 0 Å². The Morgan fingerprint density at radius 2 is 2.13 bits per heavy atom. The van der Waals surface area contributed by atoms with E-state index < -0.39 is 5.97 Å². The molecule has 1 aliphatic rings. The molecular weight excluding hydrogens is 301 g/mol. The quantitative estimate of drug-likeness (QED) is 0.873. The third-order valence-electron chi connectivity index (χ3n) is 4.36. The molecule has 1 fully saturated rings. The summed E-state index contributed by atoms with van der Waals surface area (Å²) in [6, 6.07) is 6.03. The van der Waals surface area contributed by atoms with E-state index >= 15 is 0 Å². The second kappa shape index (κ2) is 7.55.